The fourth-order valence-corrected chi connectivity index (χ4v) is 3.16. The van der Waals surface area contributed by atoms with E-state index in [2.05, 4.69) is 10.2 Å². The highest BCUT2D eigenvalue weighted by molar-refractivity contribution is 6.30. The molecular weight excluding hydrogens is 327 g/mol. The van der Waals surface area contributed by atoms with Crippen molar-refractivity contribution in [2.45, 2.75) is 19.4 Å². The van der Waals surface area contributed by atoms with Crippen molar-refractivity contribution in [2.24, 2.45) is 5.92 Å². The zero-order valence-corrected chi connectivity index (χ0v) is 14.1. The number of hydrogen-bond donors (Lipinski definition) is 1. The molecule has 1 heterocycles. The van der Waals surface area contributed by atoms with Crippen molar-refractivity contribution in [3.8, 4) is 0 Å². The summed E-state index contributed by atoms with van der Waals surface area (Å²) in [5.74, 6) is -0.349. The Labute approximate surface area is 146 Å². The van der Waals surface area contributed by atoms with Crippen LogP contribution in [0.15, 0.2) is 48.5 Å². The molecule has 0 spiro atoms. The predicted octanol–water partition coefficient (Wildman–Crippen LogP) is 4.33. The Bertz CT molecular complexity index is 688. The van der Waals surface area contributed by atoms with E-state index in [-0.39, 0.29) is 17.6 Å². The molecular formula is C19H20ClFN2O. The quantitative estimate of drug-likeness (QED) is 0.893. The van der Waals surface area contributed by atoms with Gasteiger partial charge in [-0.2, -0.15) is 0 Å². The highest BCUT2D eigenvalue weighted by atomic mass is 35.5. The topological polar surface area (TPSA) is 32.3 Å². The zero-order valence-electron chi connectivity index (χ0n) is 13.3. The average Bonchev–Trinajstić information content (AvgIpc) is 2.59. The van der Waals surface area contributed by atoms with Crippen LogP contribution in [0.2, 0.25) is 5.02 Å². The minimum absolute atomic E-state index is 0.00224. The molecule has 1 atom stereocenters. The van der Waals surface area contributed by atoms with E-state index in [9.17, 15) is 9.18 Å². The van der Waals surface area contributed by atoms with E-state index in [0.29, 0.717) is 5.69 Å². The first-order valence-electron chi connectivity index (χ1n) is 8.13. The number of carbonyl (C=O) groups excluding carboxylic acids is 1. The number of amides is 1. The van der Waals surface area contributed by atoms with Crippen molar-refractivity contribution in [1.29, 1.82) is 0 Å². The molecule has 0 unspecified atom stereocenters. The normalized spacial score (nSPS) is 18.3. The molecule has 0 bridgehead atoms. The minimum Gasteiger partial charge on any atom is -0.326 e. The first kappa shape index (κ1) is 16.9. The first-order chi connectivity index (χ1) is 11.6. The highest BCUT2D eigenvalue weighted by Gasteiger charge is 2.25. The number of rotatable bonds is 4. The molecule has 1 N–H and O–H groups in total. The van der Waals surface area contributed by atoms with Crippen LogP contribution in [0.25, 0.3) is 0 Å². The summed E-state index contributed by atoms with van der Waals surface area (Å²) in [5, 5.41) is 3.61. The van der Waals surface area contributed by atoms with Gasteiger partial charge in [-0.1, -0.05) is 23.7 Å². The van der Waals surface area contributed by atoms with Crippen molar-refractivity contribution in [1.82, 2.24) is 4.90 Å². The van der Waals surface area contributed by atoms with Gasteiger partial charge in [-0.05, 0) is 61.3 Å². The summed E-state index contributed by atoms with van der Waals surface area (Å²) in [5.41, 5.74) is 1.83. The maximum absolute atomic E-state index is 12.9. The van der Waals surface area contributed by atoms with Gasteiger partial charge in [0.25, 0.3) is 0 Å². The maximum Gasteiger partial charge on any atom is 0.228 e. The van der Waals surface area contributed by atoms with Crippen LogP contribution >= 0.6 is 11.6 Å². The van der Waals surface area contributed by atoms with Crippen molar-refractivity contribution < 1.29 is 9.18 Å². The molecule has 1 fully saturated rings. The number of benzene rings is 2. The lowest BCUT2D eigenvalue weighted by Crippen LogP contribution is -2.40. The van der Waals surface area contributed by atoms with E-state index >= 15 is 0 Å². The summed E-state index contributed by atoms with van der Waals surface area (Å²) in [6.07, 6.45) is 1.87. The van der Waals surface area contributed by atoms with Crippen molar-refractivity contribution >= 4 is 23.2 Å². The number of anilines is 1. The molecule has 3 rings (SSSR count). The van der Waals surface area contributed by atoms with Gasteiger partial charge < -0.3 is 5.32 Å². The molecule has 2 aromatic carbocycles. The third-order valence-corrected chi connectivity index (χ3v) is 4.56. The number of likely N-dealkylation sites (tertiary alicyclic amines) is 1. The predicted molar refractivity (Wildman–Crippen MR) is 94.5 cm³/mol. The van der Waals surface area contributed by atoms with Crippen molar-refractivity contribution in [2.75, 3.05) is 18.4 Å². The molecule has 0 aromatic heterocycles. The molecule has 1 aliphatic heterocycles. The van der Waals surface area contributed by atoms with Crippen LogP contribution in [-0.4, -0.2) is 23.9 Å². The lowest BCUT2D eigenvalue weighted by molar-refractivity contribution is -0.121. The Hall–Kier alpha value is -1.91. The monoisotopic (exact) mass is 346 g/mol. The summed E-state index contributed by atoms with van der Waals surface area (Å²) in [6, 6.07) is 13.7. The molecule has 1 aliphatic rings. The average molecular weight is 347 g/mol. The molecule has 5 heteroatoms. The van der Waals surface area contributed by atoms with Gasteiger partial charge in [0.1, 0.15) is 5.82 Å². The number of nitrogens with one attached hydrogen (secondary N) is 1. The van der Waals surface area contributed by atoms with Crippen molar-refractivity contribution in [3.63, 3.8) is 0 Å². The van der Waals surface area contributed by atoms with Crippen LogP contribution in [0.5, 0.6) is 0 Å². The Kier molecular flexibility index (Phi) is 5.48. The van der Waals surface area contributed by atoms with Gasteiger partial charge >= 0.3 is 0 Å². The molecule has 3 nitrogen and oxygen atoms in total. The Morgan fingerprint density at radius 2 is 1.88 bits per heavy atom. The smallest absolute Gasteiger partial charge is 0.228 e. The number of nitrogens with zero attached hydrogens (tertiary/aromatic N) is 1. The summed E-state index contributed by atoms with van der Waals surface area (Å²) in [4.78, 5) is 14.7. The third-order valence-electron chi connectivity index (χ3n) is 4.31. The molecule has 0 saturated carbocycles. The molecule has 126 valence electrons. The van der Waals surface area contributed by atoms with Gasteiger partial charge in [0.15, 0.2) is 0 Å². The standard InChI is InChI=1S/C19H20ClFN2O/c20-16-5-3-14(4-6-16)12-23-11-1-2-15(13-23)19(24)22-18-9-7-17(21)8-10-18/h3-10,15H,1-2,11-13H2,(H,22,24)/t15-/m0/s1. The van der Waals surface area contributed by atoms with E-state index < -0.39 is 0 Å². The lowest BCUT2D eigenvalue weighted by Gasteiger charge is -2.32. The second kappa shape index (κ2) is 7.77. The SMILES string of the molecule is O=C(Nc1ccc(F)cc1)[C@H]1CCCN(Cc2ccc(Cl)cc2)C1. The Morgan fingerprint density at radius 3 is 2.58 bits per heavy atom. The molecule has 1 amide bonds. The number of hydrogen-bond acceptors (Lipinski definition) is 2. The lowest BCUT2D eigenvalue weighted by atomic mass is 9.96. The second-order valence-corrected chi connectivity index (χ2v) is 6.63. The van der Waals surface area contributed by atoms with Gasteiger partial charge in [-0.15, -0.1) is 0 Å². The fourth-order valence-electron chi connectivity index (χ4n) is 3.04. The maximum atomic E-state index is 12.9. The van der Waals surface area contributed by atoms with Crippen LogP contribution < -0.4 is 5.32 Å². The van der Waals surface area contributed by atoms with E-state index in [1.807, 2.05) is 24.3 Å². The summed E-state index contributed by atoms with van der Waals surface area (Å²) >= 11 is 5.92. The Balaban J connectivity index is 1.57. The van der Waals surface area contributed by atoms with Crippen LogP contribution in [0.1, 0.15) is 18.4 Å². The van der Waals surface area contributed by atoms with Gasteiger partial charge in [-0.3, -0.25) is 9.69 Å². The summed E-state index contributed by atoms with van der Waals surface area (Å²) in [6.45, 7) is 2.54. The number of piperidine rings is 1. The summed E-state index contributed by atoms with van der Waals surface area (Å²) < 4.78 is 12.9. The van der Waals surface area contributed by atoms with Crippen LogP contribution in [0, 0.1) is 11.7 Å². The second-order valence-electron chi connectivity index (χ2n) is 6.20. The first-order valence-corrected chi connectivity index (χ1v) is 8.51. The fraction of sp³-hybridized carbons (Fsp3) is 0.316. The highest BCUT2D eigenvalue weighted by Crippen LogP contribution is 2.21. The number of carbonyl (C=O) groups is 1. The minimum atomic E-state index is -0.306. The van der Waals surface area contributed by atoms with Crippen molar-refractivity contribution in [3.05, 3.63) is 64.9 Å². The molecule has 1 saturated heterocycles. The van der Waals surface area contributed by atoms with Crippen LogP contribution in [0.3, 0.4) is 0 Å². The van der Waals surface area contributed by atoms with E-state index in [1.54, 1.807) is 12.1 Å². The number of halogens is 2. The van der Waals surface area contributed by atoms with Gasteiger partial charge in [0, 0.05) is 23.8 Å². The molecule has 2 aromatic rings. The summed E-state index contributed by atoms with van der Waals surface area (Å²) in [7, 11) is 0. The molecule has 0 aliphatic carbocycles. The molecule has 0 radical (unpaired) electrons. The third kappa shape index (κ3) is 4.56. The van der Waals surface area contributed by atoms with Crippen LogP contribution in [0.4, 0.5) is 10.1 Å². The van der Waals surface area contributed by atoms with Gasteiger partial charge in [-0.25, -0.2) is 4.39 Å². The van der Waals surface area contributed by atoms with E-state index in [0.717, 1.165) is 37.5 Å². The zero-order chi connectivity index (χ0) is 16.9. The van der Waals surface area contributed by atoms with Gasteiger partial charge in [0.2, 0.25) is 5.91 Å². The Morgan fingerprint density at radius 1 is 1.17 bits per heavy atom. The van der Waals surface area contributed by atoms with E-state index in [4.69, 9.17) is 11.6 Å². The van der Waals surface area contributed by atoms with Gasteiger partial charge in [0.05, 0.1) is 5.92 Å². The van der Waals surface area contributed by atoms with E-state index in [1.165, 1.54) is 17.7 Å². The van der Waals surface area contributed by atoms with Crippen LogP contribution in [-0.2, 0) is 11.3 Å². The largest absolute Gasteiger partial charge is 0.326 e. The molecule has 24 heavy (non-hydrogen) atoms.